The first-order valence-electron chi connectivity index (χ1n) is 7.14. The number of nitrogens with zero attached hydrogens (tertiary/aromatic N) is 2. The van der Waals surface area contributed by atoms with Gasteiger partial charge in [-0.3, -0.25) is 0 Å². The lowest BCUT2D eigenvalue weighted by Gasteiger charge is -2.12. The standard InChI is InChI=1S/C14H20N2.C2H6/c1-4-11(5-2)8-12-6-7-13-14(9-12)16(3)10-15-13;1-2/h6-7,9-11H,4-5,8H2,1-3H3;1-2H3. The highest BCUT2D eigenvalue weighted by Gasteiger charge is 2.06. The molecule has 0 atom stereocenters. The molecule has 0 unspecified atom stereocenters. The summed E-state index contributed by atoms with van der Waals surface area (Å²) >= 11 is 0. The molecule has 2 aromatic rings. The van der Waals surface area contributed by atoms with E-state index < -0.39 is 0 Å². The Morgan fingerprint density at radius 3 is 2.44 bits per heavy atom. The molecule has 0 N–H and O–H groups in total. The minimum Gasteiger partial charge on any atom is -0.334 e. The Bertz CT molecular complexity index is 467. The number of hydrogen-bond acceptors (Lipinski definition) is 1. The van der Waals surface area contributed by atoms with Crippen LogP contribution in [0.1, 0.15) is 46.1 Å². The van der Waals surface area contributed by atoms with E-state index in [1.807, 2.05) is 20.2 Å². The third-order valence-electron chi connectivity index (χ3n) is 3.47. The number of benzene rings is 1. The van der Waals surface area contributed by atoms with E-state index in [9.17, 15) is 0 Å². The van der Waals surface area contributed by atoms with E-state index in [-0.39, 0.29) is 0 Å². The second-order valence-electron chi connectivity index (χ2n) is 4.57. The zero-order valence-electron chi connectivity index (χ0n) is 12.4. The van der Waals surface area contributed by atoms with Gasteiger partial charge in [-0.15, -0.1) is 0 Å². The van der Waals surface area contributed by atoms with Crippen LogP contribution in [-0.4, -0.2) is 9.55 Å². The van der Waals surface area contributed by atoms with Gasteiger partial charge in [0, 0.05) is 7.05 Å². The first-order valence-corrected chi connectivity index (χ1v) is 7.14. The van der Waals surface area contributed by atoms with Crippen molar-refractivity contribution in [2.24, 2.45) is 13.0 Å². The molecule has 0 saturated carbocycles. The molecule has 2 heteroatoms. The van der Waals surface area contributed by atoms with Crippen molar-refractivity contribution < 1.29 is 0 Å². The van der Waals surface area contributed by atoms with Gasteiger partial charge in [-0.1, -0.05) is 46.6 Å². The van der Waals surface area contributed by atoms with Gasteiger partial charge < -0.3 is 4.57 Å². The molecule has 100 valence electrons. The maximum atomic E-state index is 4.34. The van der Waals surface area contributed by atoms with E-state index in [0.717, 1.165) is 11.4 Å². The highest BCUT2D eigenvalue weighted by molar-refractivity contribution is 5.75. The second kappa shape index (κ2) is 7.20. The predicted molar refractivity (Wildman–Crippen MR) is 79.8 cm³/mol. The third-order valence-corrected chi connectivity index (χ3v) is 3.47. The normalized spacial score (nSPS) is 10.6. The Hall–Kier alpha value is -1.31. The molecule has 1 heterocycles. The molecule has 0 aliphatic heterocycles. The number of imidazole rings is 1. The molecule has 1 aromatic heterocycles. The molecule has 18 heavy (non-hydrogen) atoms. The average Bonchev–Trinajstić information content (AvgIpc) is 2.80. The first kappa shape index (κ1) is 14.7. The van der Waals surface area contributed by atoms with Crippen molar-refractivity contribution in [1.82, 2.24) is 9.55 Å². The lowest BCUT2D eigenvalue weighted by atomic mass is 9.94. The minimum atomic E-state index is 0.811. The van der Waals surface area contributed by atoms with E-state index in [0.29, 0.717) is 0 Å². The van der Waals surface area contributed by atoms with Crippen molar-refractivity contribution in [1.29, 1.82) is 0 Å². The van der Waals surface area contributed by atoms with E-state index in [1.54, 1.807) is 0 Å². The van der Waals surface area contributed by atoms with Crippen LogP contribution in [0.25, 0.3) is 11.0 Å². The van der Waals surface area contributed by atoms with Crippen LogP contribution >= 0.6 is 0 Å². The fourth-order valence-corrected chi connectivity index (χ4v) is 2.21. The average molecular weight is 246 g/mol. The molecule has 0 fully saturated rings. The molecule has 0 aliphatic carbocycles. The van der Waals surface area contributed by atoms with Crippen molar-refractivity contribution in [3.63, 3.8) is 0 Å². The Morgan fingerprint density at radius 2 is 1.83 bits per heavy atom. The van der Waals surface area contributed by atoms with Crippen molar-refractivity contribution >= 4 is 11.0 Å². The van der Waals surface area contributed by atoms with Crippen LogP contribution in [0.15, 0.2) is 24.5 Å². The molecule has 2 rings (SSSR count). The summed E-state index contributed by atoms with van der Waals surface area (Å²) < 4.78 is 2.09. The number of aryl methyl sites for hydroxylation is 1. The summed E-state index contributed by atoms with van der Waals surface area (Å²) in [5.74, 6) is 0.811. The minimum absolute atomic E-state index is 0.811. The van der Waals surface area contributed by atoms with E-state index in [2.05, 4.69) is 48.6 Å². The third kappa shape index (κ3) is 3.34. The van der Waals surface area contributed by atoms with E-state index in [4.69, 9.17) is 0 Å². The van der Waals surface area contributed by atoms with Crippen molar-refractivity contribution in [2.75, 3.05) is 0 Å². The lowest BCUT2D eigenvalue weighted by molar-refractivity contribution is 0.490. The van der Waals surface area contributed by atoms with Gasteiger partial charge in [-0.25, -0.2) is 4.98 Å². The summed E-state index contributed by atoms with van der Waals surface area (Å²) in [5, 5.41) is 0. The molecule has 0 saturated heterocycles. The van der Waals surface area contributed by atoms with Gasteiger partial charge in [0.25, 0.3) is 0 Å². The zero-order chi connectivity index (χ0) is 13.5. The fraction of sp³-hybridized carbons (Fsp3) is 0.562. The van der Waals surface area contributed by atoms with E-state index in [1.165, 1.54) is 30.3 Å². The Morgan fingerprint density at radius 1 is 1.17 bits per heavy atom. The van der Waals surface area contributed by atoms with Crippen LogP contribution in [0.4, 0.5) is 0 Å². The van der Waals surface area contributed by atoms with Gasteiger partial charge in [0.2, 0.25) is 0 Å². The van der Waals surface area contributed by atoms with Crippen molar-refractivity contribution in [3.8, 4) is 0 Å². The fourth-order valence-electron chi connectivity index (χ4n) is 2.21. The monoisotopic (exact) mass is 246 g/mol. The number of hydrogen-bond donors (Lipinski definition) is 0. The number of aromatic nitrogens is 2. The van der Waals surface area contributed by atoms with Crippen LogP contribution in [0.2, 0.25) is 0 Å². The maximum Gasteiger partial charge on any atom is 0.0955 e. The highest BCUT2D eigenvalue weighted by atomic mass is 15.0. The number of rotatable bonds is 4. The van der Waals surface area contributed by atoms with Gasteiger partial charge in [0.15, 0.2) is 0 Å². The Kier molecular flexibility index (Phi) is 5.90. The molecule has 0 aliphatic rings. The van der Waals surface area contributed by atoms with Crippen molar-refractivity contribution in [2.45, 2.75) is 47.0 Å². The topological polar surface area (TPSA) is 17.8 Å². The highest BCUT2D eigenvalue weighted by Crippen LogP contribution is 2.19. The molecule has 2 nitrogen and oxygen atoms in total. The number of fused-ring (bicyclic) bond motifs is 1. The largest absolute Gasteiger partial charge is 0.334 e. The smallest absolute Gasteiger partial charge is 0.0955 e. The summed E-state index contributed by atoms with van der Waals surface area (Å²) in [7, 11) is 2.05. The molecule has 0 radical (unpaired) electrons. The summed E-state index contributed by atoms with van der Waals surface area (Å²) in [6.07, 6.45) is 5.60. The Balaban J connectivity index is 0.000000771. The van der Waals surface area contributed by atoms with Gasteiger partial charge >= 0.3 is 0 Å². The summed E-state index contributed by atoms with van der Waals surface area (Å²) in [6.45, 7) is 8.55. The molecule has 0 spiro atoms. The van der Waals surface area contributed by atoms with Gasteiger partial charge in [-0.2, -0.15) is 0 Å². The summed E-state index contributed by atoms with van der Waals surface area (Å²) in [4.78, 5) is 4.34. The molecular weight excluding hydrogens is 220 g/mol. The van der Waals surface area contributed by atoms with Crippen molar-refractivity contribution in [3.05, 3.63) is 30.1 Å². The molecule has 1 aromatic carbocycles. The Labute approximate surface area is 111 Å². The van der Waals surface area contributed by atoms with Gasteiger partial charge in [0.1, 0.15) is 0 Å². The van der Waals surface area contributed by atoms with E-state index >= 15 is 0 Å². The zero-order valence-corrected chi connectivity index (χ0v) is 12.4. The molecule has 0 bridgehead atoms. The van der Waals surface area contributed by atoms with Crippen LogP contribution in [0.3, 0.4) is 0 Å². The molecular formula is C16H26N2. The van der Waals surface area contributed by atoms with Crippen LogP contribution in [0, 0.1) is 5.92 Å². The second-order valence-corrected chi connectivity index (χ2v) is 4.57. The lowest BCUT2D eigenvalue weighted by Crippen LogP contribution is -2.01. The SMILES string of the molecule is CC.CCC(CC)Cc1ccc2ncn(C)c2c1. The molecule has 0 amide bonds. The van der Waals surface area contributed by atoms with Gasteiger partial charge in [-0.05, 0) is 30.0 Å². The van der Waals surface area contributed by atoms with Crippen LogP contribution in [0.5, 0.6) is 0 Å². The quantitative estimate of drug-likeness (QED) is 0.772. The maximum absolute atomic E-state index is 4.34. The van der Waals surface area contributed by atoms with Crippen LogP contribution < -0.4 is 0 Å². The van der Waals surface area contributed by atoms with Gasteiger partial charge in [0.05, 0.1) is 17.4 Å². The van der Waals surface area contributed by atoms with Crippen LogP contribution in [-0.2, 0) is 13.5 Å². The first-order chi connectivity index (χ1) is 8.74. The summed E-state index contributed by atoms with van der Waals surface area (Å²) in [5.41, 5.74) is 3.77. The predicted octanol–water partition coefficient (Wildman–Crippen LogP) is 4.58. The summed E-state index contributed by atoms with van der Waals surface area (Å²) in [6, 6.07) is 6.63.